The molecule has 1 aliphatic carbocycles. The van der Waals surface area contributed by atoms with Crippen LogP contribution in [0.2, 0.25) is 0 Å². The molecule has 1 saturated carbocycles. The predicted octanol–water partition coefficient (Wildman–Crippen LogP) is 2.34. The Bertz CT molecular complexity index is 296. The van der Waals surface area contributed by atoms with Crippen LogP contribution in [0.25, 0.3) is 0 Å². The summed E-state index contributed by atoms with van der Waals surface area (Å²) in [6.07, 6.45) is 3.66. The van der Waals surface area contributed by atoms with Gasteiger partial charge in [-0.15, -0.1) is 0 Å². The summed E-state index contributed by atoms with van der Waals surface area (Å²) in [7, 11) is 0. The van der Waals surface area contributed by atoms with Gasteiger partial charge < -0.3 is 15.3 Å². The van der Waals surface area contributed by atoms with Crippen LogP contribution in [0, 0.1) is 5.92 Å². The molecule has 0 spiro atoms. The van der Waals surface area contributed by atoms with Crippen LogP contribution in [0.4, 0.5) is 0 Å². The van der Waals surface area contributed by atoms with E-state index in [2.05, 4.69) is 31.0 Å². The first-order valence-electron chi connectivity index (χ1n) is 7.71. The van der Waals surface area contributed by atoms with E-state index in [1.807, 2.05) is 6.92 Å². The maximum atomic E-state index is 11.6. The highest BCUT2D eigenvalue weighted by Crippen LogP contribution is 2.33. The Labute approximate surface area is 117 Å². The van der Waals surface area contributed by atoms with Crippen LogP contribution in [0.5, 0.6) is 0 Å². The topological polar surface area (TPSA) is 52.6 Å². The molecule has 0 radical (unpaired) electrons. The lowest BCUT2D eigenvalue weighted by Gasteiger charge is -2.32. The van der Waals surface area contributed by atoms with E-state index in [0.717, 1.165) is 38.9 Å². The molecular weight excluding hydrogens is 240 g/mol. The molecule has 0 aromatic rings. The third kappa shape index (κ3) is 3.93. The van der Waals surface area contributed by atoms with E-state index in [4.69, 9.17) is 0 Å². The van der Waals surface area contributed by atoms with Gasteiger partial charge in [0.15, 0.2) is 0 Å². The Morgan fingerprint density at radius 3 is 2.63 bits per heavy atom. The Morgan fingerprint density at radius 2 is 2.16 bits per heavy atom. The number of likely N-dealkylation sites (N-methyl/N-ethyl adjacent to an activating group) is 1. The minimum Gasteiger partial charge on any atom is -0.480 e. The molecule has 1 fully saturated rings. The first kappa shape index (κ1) is 16.4. The van der Waals surface area contributed by atoms with E-state index in [0.29, 0.717) is 12.0 Å². The van der Waals surface area contributed by atoms with E-state index >= 15 is 0 Å². The molecule has 0 aliphatic heterocycles. The number of carboxylic acids is 1. The fourth-order valence-electron chi connectivity index (χ4n) is 3.17. The second kappa shape index (κ2) is 7.25. The van der Waals surface area contributed by atoms with Gasteiger partial charge in [-0.05, 0) is 38.3 Å². The zero-order valence-electron chi connectivity index (χ0n) is 12.9. The van der Waals surface area contributed by atoms with Gasteiger partial charge in [0.05, 0.1) is 0 Å². The SMILES string of the molecule is CCNC1(C(=O)O)CCC(N(CC)CC(C)CC)C1. The highest BCUT2D eigenvalue weighted by Gasteiger charge is 2.46. The molecule has 3 unspecified atom stereocenters. The number of nitrogens with zero attached hydrogens (tertiary/aromatic N) is 1. The lowest BCUT2D eigenvalue weighted by molar-refractivity contribution is -0.144. The van der Waals surface area contributed by atoms with Gasteiger partial charge in [0, 0.05) is 12.6 Å². The van der Waals surface area contributed by atoms with Crippen molar-refractivity contribution in [1.82, 2.24) is 10.2 Å². The first-order valence-corrected chi connectivity index (χ1v) is 7.71. The van der Waals surface area contributed by atoms with Crippen molar-refractivity contribution in [3.05, 3.63) is 0 Å². The minimum absolute atomic E-state index is 0.411. The maximum Gasteiger partial charge on any atom is 0.323 e. The molecule has 4 heteroatoms. The Morgan fingerprint density at radius 1 is 1.47 bits per heavy atom. The van der Waals surface area contributed by atoms with Crippen molar-refractivity contribution < 1.29 is 9.90 Å². The number of carboxylic acid groups (broad SMARTS) is 1. The van der Waals surface area contributed by atoms with Crippen molar-refractivity contribution >= 4 is 5.97 Å². The summed E-state index contributed by atoms with van der Waals surface area (Å²) < 4.78 is 0. The number of carbonyl (C=O) groups is 1. The standard InChI is InChI=1S/C15H30N2O2/c1-5-12(4)11-17(7-3)13-8-9-15(10-13,14(18)19)16-6-2/h12-13,16H,5-11H2,1-4H3,(H,18,19). The van der Waals surface area contributed by atoms with Gasteiger partial charge in [-0.25, -0.2) is 0 Å². The quantitative estimate of drug-likeness (QED) is 0.711. The second-order valence-electron chi connectivity index (χ2n) is 5.92. The zero-order valence-corrected chi connectivity index (χ0v) is 12.9. The Kier molecular flexibility index (Phi) is 6.27. The van der Waals surface area contributed by atoms with Crippen molar-refractivity contribution in [3.8, 4) is 0 Å². The molecular formula is C15H30N2O2. The van der Waals surface area contributed by atoms with Gasteiger partial charge in [-0.1, -0.05) is 34.1 Å². The number of rotatable bonds is 8. The van der Waals surface area contributed by atoms with Crippen LogP contribution in [-0.2, 0) is 4.79 Å². The molecule has 0 aromatic carbocycles. The van der Waals surface area contributed by atoms with Crippen LogP contribution in [0.1, 0.15) is 53.4 Å². The zero-order chi connectivity index (χ0) is 14.5. The van der Waals surface area contributed by atoms with Crippen LogP contribution in [0.3, 0.4) is 0 Å². The second-order valence-corrected chi connectivity index (χ2v) is 5.92. The lowest BCUT2D eigenvalue weighted by Crippen LogP contribution is -2.51. The van der Waals surface area contributed by atoms with E-state index < -0.39 is 11.5 Å². The van der Waals surface area contributed by atoms with Crippen LogP contribution in [-0.4, -0.2) is 47.2 Å². The van der Waals surface area contributed by atoms with Crippen LogP contribution >= 0.6 is 0 Å². The highest BCUT2D eigenvalue weighted by molar-refractivity contribution is 5.79. The summed E-state index contributed by atoms with van der Waals surface area (Å²) >= 11 is 0. The van der Waals surface area contributed by atoms with Crippen molar-refractivity contribution in [3.63, 3.8) is 0 Å². The normalized spacial score (nSPS) is 28.8. The Hall–Kier alpha value is -0.610. The minimum atomic E-state index is -0.692. The van der Waals surface area contributed by atoms with Gasteiger partial charge in [0.1, 0.15) is 5.54 Å². The molecule has 2 N–H and O–H groups in total. The number of nitrogens with one attached hydrogen (secondary N) is 1. The monoisotopic (exact) mass is 270 g/mol. The van der Waals surface area contributed by atoms with Crippen LogP contribution < -0.4 is 5.32 Å². The summed E-state index contributed by atoms with van der Waals surface area (Å²) in [5.74, 6) is -0.00430. The highest BCUT2D eigenvalue weighted by atomic mass is 16.4. The molecule has 1 rings (SSSR count). The van der Waals surface area contributed by atoms with Gasteiger partial charge in [-0.2, -0.15) is 0 Å². The van der Waals surface area contributed by atoms with E-state index in [1.165, 1.54) is 6.42 Å². The largest absolute Gasteiger partial charge is 0.480 e. The van der Waals surface area contributed by atoms with E-state index in [1.54, 1.807) is 0 Å². The average Bonchev–Trinajstić information content (AvgIpc) is 2.81. The number of hydrogen-bond donors (Lipinski definition) is 2. The summed E-state index contributed by atoms with van der Waals surface area (Å²) in [6, 6.07) is 0.411. The predicted molar refractivity (Wildman–Crippen MR) is 78.4 cm³/mol. The van der Waals surface area contributed by atoms with E-state index in [-0.39, 0.29) is 0 Å². The molecule has 19 heavy (non-hydrogen) atoms. The molecule has 0 saturated heterocycles. The molecule has 0 heterocycles. The lowest BCUT2D eigenvalue weighted by atomic mass is 9.97. The third-order valence-corrected chi connectivity index (χ3v) is 4.58. The molecule has 112 valence electrons. The van der Waals surface area contributed by atoms with Crippen molar-refractivity contribution in [2.75, 3.05) is 19.6 Å². The van der Waals surface area contributed by atoms with Gasteiger partial charge in [-0.3, -0.25) is 4.79 Å². The van der Waals surface area contributed by atoms with Gasteiger partial charge in [0.2, 0.25) is 0 Å². The molecule has 4 nitrogen and oxygen atoms in total. The van der Waals surface area contributed by atoms with Gasteiger partial charge >= 0.3 is 5.97 Å². The Balaban J connectivity index is 2.68. The van der Waals surface area contributed by atoms with Crippen molar-refractivity contribution in [1.29, 1.82) is 0 Å². The number of hydrogen-bond acceptors (Lipinski definition) is 3. The molecule has 0 bridgehead atoms. The number of aliphatic carboxylic acids is 1. The molecule has 1 aliphatic rings. The summed E-state index contributed by atoms with van der Waals surface area (Å²) in [5.41, 5.74) is -0.692. The first-order chi connectivity index (χ1) is 8.99. The smallest absolute Gasteiger partial charge is 0.323 e. The summed E-state index contributed by atoms with van der Waals surface area (Å²) in [4.78, 5) is 14.0. The summed E-state index contributed by atoms with van der Waals surface area (Å²) in [5, 5.41) is 12.7. The third-order valence-electron chi connectivity index (χ3n) is 4.58. The van der Waals surface area contributed by atoms with Crippen LogP contribution in [0.15, 0.2) is 0 Å². The molecule has 0 aromatic heterocycles. The fourth-order valence-corrected chi connectivity index (χ4v) is 3.17. The maximum absolute atomic E-state index is 11.6. The van der Waals surface area contributed by atoms with Crippen molar-refractivity contribution in [2.45, 2.75) is 65.0 Å². The molecule has 3 atom stereocenters. The average molecular weight is 270 g/mol. The van der Waals surface area contributed by atoms with Gasteiger partial charge in [0.25, 0.3) is 0 Å². The van der Waals surface area contributed by atoms with Crippen molar-refractivity contribution in [2.24, 2.45) is 5.92 Å². The fraction of sp³-hybridized carbons (Fsp3) is 0.933. The summed E-state index contributed by atoms with van der Waals surface area (Å²) in [6.45, 7) is 11.5. The van der Waals surface area contributed by atoms with E-state index in [9.17, 15) is 9.90 Å². The molecule has 0 amide bonds.